The fourth-order valence-electron chi connectivity index (χ4n) is 2.41. The van der Waals surface area contributed by atoms with E-state index in [1.54, 1.807) is 30.3 Å². The minimum atomic E-state index is -0.478. The zero-order chi connectivity index (χ0) is 12.9. The van der Waals surface area contributed by atoms with Crippen molar-refractivity contribution in [1.82, 2.24) is 0 Å². The van der Waals surface area contributed by atoms with Crippen molar-refractivity contribution in [2.24, 2.45) is 5.41 Å². The molecule has 0 aromatic heterocycles. The monoisotopic (exact) mass is 240 g/mol. The summed E-state index contributed by atoms with van der Waals surface area (Å²) in [6.07, 6.45) is 3.28. The first-order valence-electron chi connectivity index (χ1n) is 5.80. The van der Waals surface area contributed by atoms with Crippen LogP contribution in [0, 0.1) is 5.41 Å². The molecule has 3 heteroatoms. The maximum atomic E-state index is 12.5. The molecular formula is C15H12O3. The zero-order valence-corrected chi connectivity index (χ0v) is 10.2. The SMILES string of the molecule is CC1(C)C=COC2=C1C(=O)c1ccccc1C2=O. The lowest BCUT2D eigenvalue weighted by Gasteiger charge is -2.31. The predicted octanol–water partition coefficient (Wildman–Crippen LogP) is 2.89. The molecule has 2 aliphatic rings. The summed E-state index contributed by atoms with van der Waals surface area (Å²) in [5, 5.41) is 0. The summed E-state index contributed by atoms with van der Waals surface area (Å²) < 4.78 is 5.29. The van der Waals surface area contributed by atoms with Gasteiger partial charge < -0.3 is 4.74 Å². The Labute approximate surface area is 105 Å². The molecule has 0 atom stereocenters. The van der Waals surface area contributed by atoms with Crippen molar-refractivity contribution in [3.05, 3.63) is 59.1 Å². The Kier molecular flexibility index (Phi) is 2.08. The number of Topliss-reactive ketones (excluding diaryl/α,β-unsaturated/α-hetero) is 2. The second-order valence-electron chi connectivity index (χ2n) is 5.05. The second kappa shape index (κ2) is 3.42. The lowest BCUT2D eigenvalue weighted by Crippen LogP contribution is -2.32. The van der Waals surface area contributed by atoms with Crippen LogP contribution in [0.1, 0.15) is 34.6 Å². The molecule has 1 aliphatic carbocycles. The van der Waals surface area contributed by atoms with Gasteiger partial charge in [-0.1, -0.05) is 38.1 Å². The third-order valence-corrected chi connectivity index (χ3v) is 3.39. The highest BCUT2D eigenvalue weighted by Crippen LogP contribution is 2.40. The van der Waals surface area contributed by atoms with Gasteiger partial charge >= 0.3 is 0 Å². The highest BCUT2D eigenvalue weighted by atomic mass is 16.5. The number of ether oxygens (including phenoxy) is 1. The van der Waals surface area contributed by atoms with E-state index in [1.807, 2.05) is 13.8 Å². The molecule has 1 aromatic carbocycles. The van der Waals surface area contributed by atoms with E-state index in [9.17, 15) is 9.59 Å². The third-order valence-electron chi connectivity index (χ3n) is 3.39. The Morgan fingerprint density at radius 1 is 1.00 bits per heavy atom. The molecule has 0 spiro atoms. The average molecular weight is 240 g/mol. The highest BCUT2D eigenvalue weighted by molar-refractivity contribution is 6.26. The van der Waals surface area contributed by atoms with Crippen LogP contribution in [0.3, 0.4) is 0 Å². The van der Waals surface area contributed by atoms with Crippen molar-refractivity contribution >= 4 is 11.6 Å². The quantitative estimate of drug-likeness (QED) is 0.700. The largest absolute Gasteiger partial charge is 0.461 e. The Hall–Kier alpha value is -2.16. The lowest BCUT2D eigenvalue weighted by molar-refractivity contribution is 0.0896. The number of ketones is 2. The van der Waals surface area contributed by atoms with Crippen molar-refractivity contribution in [2.75, 3.05) is 0 Å². The fourth-order valence-corrected chi connectivity index (χ4v) is 2.41. The molecule has 0 saturated heterocycles. The van der Waals surface area contributed by atoms with E-state index < -0.39 is 5.41 Å². The normalized spacial score (nSPS) is 20.3. The molecule has 0 unspecified atom stereocenters. The molecule has 0 bridgehead atoms. The van der Waals surface area contributed by atoms with Crippen LogP contribution in [-0.2, 0) is 4.74 Å². The van der Waals surface area contributed by atoms with Gasteiger partial charge in [-0.25, -0.2) is 0 Å². The van der Waals surface area contributed by atoms with Gasteiger partial charge in [-0.05, 0) is 6.08 Å². The van der Waals surface area contributed by atoms with E-state index in [0.29, 0.717) is 16.7 Å². The number of rotatable bonds is 0. The van der Waals surface area contributed by atoms with Crippen LogP contribution in [0.15, 0.2) is 47.9 Å². The molecule has 0 N–H and O–H groups in total. The Balaban J connectivity index is 2.28. The van der Waals surface area contributed by atoms with Gasteiger partial charge in [0.15, 0.2) is 11.5 Å². The van der Waals surface area contributed by atoms with Crippen molar-refractivity contribution in [1.29, 1.82) is 0 Å². The molecular weight excluding hydrogens is 228 g/mol. The van der Waals surface area contributed by atoms with Gasteiger partial charge in [-0.15, -0.1) is 0 Å². The van der Waals surface area contributed by atoms with Crippen LogP contribution in [0.4, 0.5) is 0 Å². The number of benzene rings is 1. The Morgan fingerprint density at radius 2 is 1.61 bits per heavy atom. The first-order valence-corrected chi connectivity index (χ1v) is 5.80. The lowest BCUT2D eigenvalue weighted by atomic mass is 9.74. The molecule has 18 heavy (non-hydrogen) atoms. The topological polar surface area (TPSA) is 43.4 Å². The van der Waals surface area contributed by atoms with Crippen molar-refractivity contribution in [2.45, 2.75) is 13.8 Å². The van der Waals surface area contributed by atoms with Gasteiger partial charge in [0.1, 0.15) is 0 Å². The first kappa shape index (κ1) is 11.0. The minimum Gasteiger partial charge on any atom is -0.461 e. The summed E-state index contributed by atoms with van der Waals surface area (Å²) in [7, 11) is 0. The Morgan fingerprint density at radius 3 is 2.28 bits per heavy atom. The molecule has 0 amide bonds. The van der Waals surface area contributed by atoms with Crippen LogP contribution >= 0.6 is 0 Å². The molecule has 1 heterocycles. The number of carbonyl (C=O) groups excluding carboxylic acids is 2. The second-order valence-corrected chi connectivity index (χ2v) is 5.05. The van der Waals surface area contributed by atoms with E-state index in [1.165, 1.54) is 6.26 Å². The van der Waals surface area contributed by atoms with Gasteiger partial charge in [0, 0.05) is 16.5 Å². The van der Waals surface area contributed by atoms with Crippen molar-refractivity contribution in [3.8, 4) is 0 Å². The van der Waals surface area contributed by atoms with Gasteiger partial charge in [0.05, 0.1) is 11.8 Å². The smallest absolute Gasteiger partial charge is 0.229 e. The van der Waals surface area contributed by atoms with E-state index in [4.69, 9.17) is 4.74 Å². The van der Waals surface area contributed by atoms with Crippen molar-refractivity contribution < 1.29 is 14.3 Å². The van der Waals surface area contributed by atoms with Crippen molar-refractivity contribution in [3.63, 3.8) is 0 Å². The van der Waals surface area contributed by atoms with Crippen LogP contribution in [0.5, 0.6) is 0 Å². The summed E-state index contributed by atoms with van der Waals surface area (Å²) in [5.74, 6) is -0.154. The maximum absolute atomic E-state index is 12.5. The fraction of sp³-hybridized carbons (Fsp3) is 0.200. The molecule has 0 radical (unpaired) electrons. The molecule has 1 aliphatic heterocycles. The minimum absolute atomic E-state index is 0.116. The van der Waals surface area contributed by atoms with E-state index >= 15 is 0 Å². The number of hydrogen-bond donors (Lipinski definition) is 0. The zero-order valence-electron chi connectivity index (χ0n) is 10.2. The number of hydrogen-bond acceptors (Lipinski definition) is 3. The molecule has 90 valence electrons. The van der Waals surface area contributed by atoms with Gasteiger partial charge in [0.25, 0.3) is 0 Å². The predicted molar refractivity (Wildman–Crippen MR) is 66.1 cm³/mol. The molecule has 3 nitrogen and oxygen atoms in total. The molecule has 0 fully saturated rings. The molecule has 0 saturated carbocycles. The van der Waals surface area contributed by atoms with Crippen LogP contribution in [-0.4, -0.2) is 11.6 Å². The van der Waals surface area contributed by atoms with E-state index in [2.05, 4.69) is 0 Å². The third kappa shape index (κ3) is 1.30. The van der Waals surface area contributed by atoms with Crippen LogP contribution < -0.4 is 0 Å². The summed E-state index contributed by atoms with van der Waals surface area (Å²) in [5.41, 5.74) is 0.864. The summed E-state index contributed by atoms with van der Waals surface area (Å²) in [6.45, 7) is 3.81. The standard InChI is InChI=1S/C15H12O3/c1-15(2)7-8-18-14-11(15)12(16)9-5-3-4-6-10(9)13(14)17/h3-8H,1-2H3. The van der Waals surface area contributed by atoms with Gasteiger partial charge in [0.2, 0.25) is 5.78 Å². The number of carbonyl (C=O) groups is 2. The first-order chi connectivity index (χ1) is 8.52. The maximum Gasteiger partial charge on any atom is 0.229 e. The Bertz CT molecular complexity index is 633. The molecule has 1 aromatic rings. The van der Waals surface area contributed by atoms with E-state index in [-0.39, 0.29) is 17.3 Å². The average Bonchev–Trinajstić information content (AvgIpc) is 2.35. The number of allylic oxidation sites excluding steroid dienone is 3. The number of fused-ring (bicyclic) bond motifs is 1. The highest BCUT2D eigenvalue weighted by Gasteiger charge is 2.41. The molecule has 3 rings (SSSR count). The van der Waals surface area contributed by atoms with Crippen LogP contribution in [0.2, 0.25) is 0 Å². The van der Waals surface area contributed by atoms with Crippen LogP contribution in [0.25, 0.3) is 0 Å². The van der Waals surface area contributed by atoms with Gasteiger partial charge in [-0.2, -0.15) is 0 Å². The van der Waals surface area contributed by atoms with E-state index in [0.717, 1.165) is 0 Å². The summed E-state index contributed by atoms with van der Waals surface area (Å²) in [6, 6.07) is 6.86. The summed E-state index contributed by atoms with van der Waals surface area (Å²) >= 11 is 0. The van der Waals surface area contributed by atoms with Gasteiger partial charge in [-0.3, -0.25) is 9.59 Å². The summed E-state index contributed by atoms with van der Waals surface area (Å²) in [4.78, 5) is 24.8.